The molecular formula is C13H19N3OS. The monoisotopic (exact) mass is 265 g/mol. The van der Waals surface area contributed by atoms with Crippen molar-refractivity contribution in [2.45, 2.75) is 12.5 Å². The van der Waals surface area contributed by atoms with Crippen LogP contribution in [0.4, 0.5) is 0 Å². The molecule has 1 amide bonds. The number of nitrogens with zero attached hydrogens (tertiary/aromatic N) is 2. The van der Waals surface area contributed by atoms with Crippen molar-refractivity contribution in [2.24, 2.45) is 0 Å². The second kappa shape index (κ2) is 5.38. The van der Waals surface area contributed by atoms with Gasteiger partial charge >= 0.3 is 0 Å². The van der Waals surface area contributed by atoms with Crippen molar-refractivity contribution in [1.82, 2.24) is 15.1 Å². The lowest BCUT2D eigenvalue weighted by Gasteiger charge is -2.43. The van der Waals surface area contributed by atoms with Crippen LogP contribution in [0.1, 0.15) is 5.56 Å². The van der Waals surface area contributed by atoms with Crippen molar-refractivity contribution in [3.05, 3.63) is 22.4 Å². The molecule has 0 saturated carbocycles. The molecule has 4 nitrogen and oxygen atoms in total. The van der Waals surface area contributed by atoms with E-state index in [0.29, 0.717) is 12.5 Å². The number of hydrogen-bond donors (Lipinski definition) is 1. The minimum atomic E-state index is 0.278. The zero-order chi connectivity index (χ0) is 12.4. The maximum Gasteiger partial charge on any atom is 0.227 e. The summed E-state index contributed by atoms with van der Waals surface area (Å²) in [5.41, 5.74) is 1.15. The Balaban J connectivity index is 1.48. The average Bonchev–Trinajstić information content (AvgIpc) is 2.80. The van der Waals surface area contributed by atoms with Crippen LogP contribution >= 0.6 is 11.3 Å². The molecule has 5 heteroatoms. The lowest BCUT2D eigenvalue weighted by molar-refractivity contribution is -0.132. The van der Waals surface area contributed by atoms with E-state index in [1.54, 1.807) is 11.3 Å². The molecule has 0 unspecified atom stereocenters. The largest absolute Gasteiger partial charge is 0.340 e. The summed E-state index contributed by atoms with van der Waals surface area (Å²) in [5, 5.41) is 7.40. The second-order valence-corrected chi connectivity index (χ2v) is 5.82. The van der Waals surface area contributed by atoms with E-state index in [1.165, 1.54) is 0 Å². The van der Waals surface area contributed by atoms with Crippen LogP contribution in [0.15, 0.2) is 16.8 Å². The van der Waals surface area contributed by atoms with E-state index in [-0.39, 0.29) is 5.91 Å². The van der Waals surface area contributed by atoms with Crippen molar-refractivity contribution < 1.29 is 4.79 Å². The number of piperazine rings is 1. The summed E-state index contributed by atoms with van der Waals surface area (Å²) in [7, 11) is 0. The van der Waals surface area contributed by atoms with Gasteiger partial charge in [-0.3, -0.25) is 9.69 Å². The molecule has 0 bridgehead atoms. The SMILES string of the molecule is O=C(Cc1ccsc1)N1CCN(C2CNC2)CC1. The minimum absolute atomic E-state index is 0.278. The average molecular weight is 265 g/mol. The molecule has 2 aliphatic heterocycles. The Labute approximate surface area is 112 Å². The van der Waals surface area contributed by atoms with E-state index >= 15 is 0 Å². The van der Waals surface area contributed by atoms with Gasteiger partial charge in [0.1, 0.15) is 0 Å². The highest BCUT2D eigenvalue weighted by Crippen LogP contribution is 2.12. The van der Waals surface area contributed by atoms with Crippen molar-refractivity contribution in [1.29, 1.82) is 0 Å². The van der Waals surface area contributed by atoms with Gasteiger partial charge < -0.3 is 10.2 Å². The standard InChI is InChI=1S/C13H19N3OS/c17-13(7-11-1-6-18-10-11)16-4-2-15(3-5-16)12-8-14-9-12/h1,6,10,12,14H,2-5,7-9H2. The van der Waals surface area contributed by atoms with Crippen LogP contribution < -0.4 is 5.32 Å². The summed E-state index contributed by atoms with van der Waals surface area (Å²) >= 11 is 1.66. The predicted molar refractivity (Wildman–Crippen MR) is 72.8 cm³/mol. The minimum Gasteiger partial charge on any atom is -0.340 e. The zero-order valence-corrected chi connectivity index (χ0v) is 11.3. The van der Waals surface area contributed by atoms with E-state index < -0.39 is 0 Å². The first-order valence-corrected chi connectivity index (χ1v) is 7.51. The highest BCUT2D eigenvalue weighted by molar-refractivity contribution is 7.07. The Bertz CT molecular complexity index is 394. The van der Waals surface area contributed by atoms with Crippen LogP contribution in [0.5, 0.6) is 0 Å². The maximum absolute atomic E-state index is 12.1. The molecule has 98 valence electrons. The fourth-order valence-electron chi connectivity index (χ4n) is 2.55. The summed E-state index contributed by atoms with van der Waals surface area (Å²) in [6.45, 7) is 6.06. The molecular weight excluding hydrogens is 246 g/mol. The van der Waals surface area contributed by atoms with Gasteiger partial charge in [0.15, 0.2) is 0 Å². The van der Waals surface area contributed by atoms with Crippen LogP contribution in [0.3, 0.4) is 0 Å². The summed E-state index contributed by atoms with van der Waals surface area (Å²) in [6, 6.07) is 2.75. The van der Waals surface area contributed by atoms with Gasteiger partial charge in [0, 0.05) is 45.3 Å². The Morgan fingerprint density at radius 1 is 1.33 bits per heavy atom. The topological polar surface area (TPSA) is 35.6 Å². The Morgan fingerprint density at radius 2 is 2.11 bits per heavy atom. The Hall–Kier alpha value is -0.910. The molecule has 2 fully saturated rings. The summed E-state index contributed by atoms with van der Waals surface area (Å²) < 4.78 is 0. The molecule has 1 aromatic rings. The molecule has 0 atom stereocenters. The van der Waals surface area contributed by atoms with Crippen LogP contribution in [-0.2, 0) is 11.2 Å². The van der Waals surface area contributed by atoms with Crippen LogP contribution in [0, 0.1) is 0 Å². The van der Waals surface area contributed by atoms with Crippen LogP contribution in [0.25, 0.3) is 0 Å². The normalized spacial score (nSPS) is 21.9. The van der Waals surface area contributed by atoms with Crippen molar-refractivity contribution in [3.63, 3.8) is 0 Å². The number of rotatable bonds is 3. The molecule has 3 rings (SSSR count). The molecule has 2 aliphatic rings. The third kappa shape index (κ3) is 2.58. The van der Waals surface area contributed by atoms with Gasteiger partial charge in [-0.05, 0) is 22.4 Å². The molecule has 18 heavy (non-hydrogen) atoms. The van der Waals surface area contributed by atoms with Crippen LogP contribution in [-0.4, -0.2) is 61.0 Å². The summed E-state index contributed by atoms with van der Waals surface area (Å²) in [5.74, 6) is 0.278. The second-order valence-electron chi connectivity index (χ2n) is 5.04. The maximum atomic E-state index is 12.1. The molecule has 0 spiro atoms. The molecule has 1 aromatic heterocycles. The molecule has 0 radical (unpaired) electrons. The number of carbonyl (C=O) groups is 1. The van der Waals surface area contributed by atoms with E-state index in [2.05, 4.69) is 15.6 Å². The third-order valence-corrected chi connectivity index (χ3v) is 4.61. The van der Waals surface area contributed by atoms with Gasteiger partial charge in [-0.15, -0.1) is 0 Å². The zero-order valence-electron chi connectivity index (χ0n) is 10.5. The fourth-order valence-corrected chi connectivity index (χ4v) is 3.22. The number of carbonyl (C=O) groups excluding carboxylic acids is 1. The molecule has 0 aliphatic carbocycles. The lowest BCUT2D eigenvalue weighted by atomic mass is 10.1. The smallest absolute Gasteiger partial charge is 0.227 e. The highest BCUT2D eigenvalue weighted by atomic mass is 32.1. The van der Waals surface area contributed by atoms with Gasteiger partial charge in [0.25, 0.3) is 0 Å². The first-order valence-electron chi connectivity index (χ1n) is 6.56. The lowest BCUT2D eigenvalue weighted by Crippen LogP contribution is -2.62. The fraction of sp³-hybridized carbons (Fsp3) is 0.615. The number of thiophene rings is 1. The number of nitrogens with one attached hydrogen (secondary N) is 1. The van der Waals surface area contributed by atoms with E-state index in [1.807, 2.05) is 16.3 Å². The Kier molecular flexibility index (Phi) is 3.63. The van der Waals surface area contributed by atoms with Gasteiger partial charge in [0.05, 0.1) is 6.42 Å². The number of amides is 1. The quantitative estimate of drug-likeness (QED) is 0.860. The van der Waals surface area contributed by atoms with E-state index in [0.717, 1.165) is 44.8 Å². The van der Waals surface area contributed by atoms with Crippen molar-refractivity contribution >= 4 is 17.2 Å². The molecule has 1 N–H and O–H groups in total. The van der Waals surface area contributed by atoms with Gasteiger partial charge in [-0.1, -0.05) is 0 Å². The van der Waals surface area contributed by atoms with Gasteiger partial charge in [-0.2, -0.15) is 11.3 Å². The first kappa shape index (κ1) is 12.1. The summed E-state index contributed by atoms with van der Waals surface area (Å²) in [6.07, 6.45) is 0.564. The van der Waals surface area contributed by atoms with E-state index in [4.69, 9.17) is 0 Å². The van der Waals surface area contributed by atoms with Crippen molar-refractivity contribution in [2.75, 3.05) is 39.3 Å². The van der Waals surface area contributed by atoms with E-state index in [9.17, 15) is 4.79 Å². The highest BCUT2D eigenvalue weighted by Gasteiger charge is 2.28. The molecule has 0 aromatic carbocycles. The van der Waals surface area contributed by atoms with Gasteiger partial charge in [0.2, 0.25) is 5.91 Å². The predicted octanol–water partition coefficient (Wildman–Crippen LogP) is 0.407. The number of hydrogen-bond acceptors (Lipinski definition) is 4. The van der Waals surface area contributed by atoms with Gasteiger partial charge in [-0.25, -0.2) is 0 Å². The van der Waals surface area contributed by atoms with Crippen molar-refractivity contribution in [3.8, 4) is 0 Å². The molecule has 2 saturated heterocycles. The summed E-state index contributed by atoms with van der Waals surface area (Å²) in [4.78, 5) is 16.6. The third-order valence-electron chi connectivity index (χ3n) is 3.88. The first-order chi connectivity index (χ1) is 8.83. The Morgan fingerprint density at radius 3 is 2.67 bits per heavy atom. The van der Waals surface area contributed by atoms with Crippen LogP contribution in [0.2, 0.25) is 0 Å². The molecule has 3 heterocycles.